The van der Waals surface area contributed by atoms with E-state index in [4.69, 9.17) is 34.8 Å². The van der Waals surface area contributed by atoms with Crippen molar-refractivity contribution >= 4 is 69.2 Å². The molecule has 0 saturated heterocycles. The highest BCUT2D eigenvalue weighted by atomic mass is 35.5. The van der Waals surface area contributed by atoms with Crippen LogP contribution < -0.4 is 5.32 Å². The molecule has 5 aromatic rings. The van der Waals surface area contributed by atoms with Crippen LogP contribution in [0.15, 0.2) is 72.1 Å². The molecule has 0 aliphatic heterocycles. The van der Waals surface area contributed by atoms with E-state index in [1.165, 1.54) is 24.0 Å². The molecule has 7 nitrogen and oxygen atoms in total. The molecular formula is C23H15Cl3N6OS. The van der Waals surface area contributed by atoms with Crippen LogP contribution in [0.1, 0.15) is 0 Å². The predicted octanol–water partition coefficient (Wildman–Crippen LogP) is 6.50. The maximum absolute atomic E-state index is 12.6. The summed E-state index contributed by atoms with van der Waals surface area (Å²) in [6.07, 6.45) is 3.32. The van der Waals surface area contributed by atoms with E-state index < -0.39 is 0 Å². The summed E-state index contributed by atoms with van der Waals surface area (Å²) >= 11 is 19.3. The van der Waals surface area contributed by atoms with Gasteiger partial charge in [-0.25, -0.2) is 4.98 Å². The van der Waals surface area contributed by atoms with Gasteiger partial charge in [-0.1, -0.05) is 64.8 Å². The molecule has 34 heavy (non-hydrogen) atoms. The first-order valence-corrected chi connectivity index (χ1v) is 12.1. The highest BCUT2D eigenvalue weighted by Gasteiger charge is 2.20. The van der Waals surface area contributed by atoms with E-state index >= 15 is 0 Å². The summed E-state index contributed by atoms with van der Waals surface area (Å²) in [4.78, 5) is 19.9. The Morgan fingerprint density at radius 3 is 2.62 bits per heavy atom. The number of nitrogens with zero attached hydrogens (tertiary/aromatic N) is 4. The molecule has 3 aromatic heterocycles. The first-order chi connectivity index (χ1) is 16.5. The first-order valence-electron chi connectivity index (χ1n) is 10.0. The Morgan fingerprint density at radius 1 is 1.03 bits per heavy atom. The van der Waals surface area contributed by atoms with Gasteiger partial charge in [-0.3, -0.25) is 9.36 Å². The fraction of sp³-hybridized carbons (Fsp3) is 0.0435. The van der Waals surface area contributed by atoms with E-state index in [-0.39, 0.29) is 22.5 Å². The average molecular weight is 530 g/mol. The second kappa shape index (κ2) is 9.68. The van der Waals surface area contributed by atoms with Crippen molar-refractivity contribution in [1.29, 1.82) is 0 Å². The number of benzene rings is 2. The molecule has 0 radical (unpaired) electrons. The Hall–Kier alpha value is -3.04. The van der Waals surface area contributed by atoms with Crippen molar-refractivity contribution in [2.45, 2.75) is 5.16 Å². The lowest BCUT2D eigenvalue weighted by Crippen LogP contribution is -2.15. The second-order valence-corrected chi connectivity index (χ2v) is 9.41. The van der Waals surface area contributed by atoms with Gasteiger partial charge in [0.1, 0.15) is 0 Å². The zero-order valence-electron chi connectivity index (χ0n) is 17.3. The maximum atomic E-state index is 12.6. The number of halogens is 3. The Balaban J connectivity index is 1.46. The number of hydrogen-bond acceptors (Lipinski definition) is 5. The molecule has 5 rings (SSSR count). The maximum Gasteiger partial charge on any atom is 0.236 e. The number of aromatic amines is 1. The van der Waals surface area contributed by atoms with Crippen LogP contribution in [-0.4, -0.2) is 36.4 Å². The Kier molecular flexibility index (Phi) is 6.47. The number of aromatic nitrogens is 5. The fourth-order valence-electron chi connectivity index (χ4n) is 3.42. The molecule has 170 valence electrons. The third-order valence-corrected chi connectivity index (χ3v) is 6.62. The van der Waals surface area contributed by atoms with Crippen molar-refractivity contribution < 1.29 is 4.79 Å². The fourth-order valence-corrected chi connectivity index (χ4v) is 4.73. The van der Waals surface area contributed by atoms with E-state index in [0.29, 0.717) is 21.0 Å². The molecule has 0 spiro atoms. The molecule has 0 unspecified atom stereocenters. The summed E-state index contributed by atoms with van der Waals surface area (Å²) in [7, 11) is 0. The number of H-pyrrole nitrogens is 1. The van der Waals surface area contributed by atoms with Gasteiger partial charge >= 0.3 is 0 Å². The zero-order valence-corrected chi connectivity index (χ0v) is 20.4. The first kappa shape index (κ1) is 22.7. The van der Waals surface area contributed by atoms with Crippen LogP contribution in [0.5, 0.6) is 0 Å². The zero-order chi connectivity index (χ0) is 23.7. The number of thioether (sulfide) groups is 1. The standard InChI is InChI=1S/C23H15Cl3N6OS/c24-13-5-7-15(8-6-13)32-22(17-11-27-19-4-2-1-3-16(17)19)30-31-23(32)34-12-20(33)29-21-18(26)9-14(25)10-28-21/h1-11,27H,12H2,(H,28,29,33). The minimum Gasteiger partial charge on any atom is -0.360 e. The van der Waals surface area contributed by atoms with E-state index in [1.54, 1.807) is 12.1 Å². The molecule has 11 heteroatoms. The normalized spacial score (nSPS) is 11.1. The van der Waals surface area contributed by atoms with E-state index in [9.17, 15) is 4.79 Å². The predicted molar refractivity (Wildman–Crippen MR) is 137 cm³/mol. The number of hydrogen-bond donors (Lipinski definition) is 2. The molecule has 0 fully saturated rings. The number of fused-ring (bicyclic) bond motifs is 1. The van der Waals surface area contributed by atoms with Gasteiger partial charge in [0, 0.05) is 39.6 Å². The van der Waals surface area contributed by atoms with Gasteiger partial charge < -0.3 is 10.3 Å². The minimum atomic E-state index is -0.291. The number of rotatable bonds is 6. The van der Waals surface area contributed by atoms with Gasteiger partial charge in [0.15, 0.2) is 16.8 Å². The van der Waals surface area contributed by atoms with Gasteiger partial charge in [0.2, 0.25) is 5.91 Å². The summed E-state index contributed by atoms with van der Waals surface area (Å²) in [5, 5.41) is 14.4. The molecule has 0 aliphatic carbocycles. The van der Waals surface area contributed by atoms with Crippen LogP contribution >= 0.6 is 46.6 Å². The lowest BCUT2D eigenvalue weighted by atomic mass is 10.1. The summed E-state index contributed by atoms with van der Waals surface area (Å²) in [6, 6.07) is 16.8. The van der Waals surface area contributed by atoms with Gasteiger partial charge in [-0.05, 0) is 36.4 Å². The summed E-state index contributed by atoms with van der Waals surface area (Å²) < 4.78 is 1.90. The number of pyridine rings is 1. The molecule has 2 N–H and O–H groups in total. The average Bonchev–Trinajstić information content (AvgIpc) is 3.44. The van der Waals surface area contributed by atoms with Crippen LogP contribution in [0.25, 0.3) is 28.0 Å². The van der Waals surface area contributed by atoms with Gasteiger partial charge in [0.05, 0.1) is 15.8 Å². The molecule has 3 heterocycles. The largest absolute Gasteiger partial charge is 0.360 e. The molecular weight excluding hydrogens is 515 g/mol. The lowest BCUT2D eigenvalue weighted by Gasteiger charge is -2.10. The van der Waals surface area contributed by atoms with Gasteiger partial charge in [-0.15, -0.1) is 10.2 Å². The number of carbonyl (C=O) groups excluding carboxylic acids is 1. The third-order valence-electron chi connectivity index (χ3n) is 4.95. The number of anilines is 1. The van der Waals surface area contributed by atoms with E-state index in [2.05, 4.69) is 25.5 Å². The summed E-state index contributed by atoms with van der Waals surface area (Å²) in [6.45, 7) is 0. The summed E-state index contributed by atoms with van der Waals surface area (Å²) in [5.41, 5.74) is 2.70. The molecule has 1 amide bonds. The van der Waals surface area contributed by atoms with Crippen LogP contribution in [0.2, 0.25) is 15.1 Å². The number of para-hydroxylation sites is 1. The van der Waals surface area contributed by atoms with Crippen molar-refractivity contribution in [2.24, 2.45) is 0 Å². The van der Waals surface area contributed by atoms with Crippen LogP contribution in [0.3, 0.4) is 0 Å². The van der Waals surface area contributed by atoms with E-state index in [0.717, 1.165) is 22.2 Å². The highest BCUT2D eigenvalue weighted by Crippen LogP contribution is 2.33. The topological polar surface area (TPSA) is 88.5 Å². The number of carbonyl (C=O) groups is 1. The van der Waals surface area contributed by atoms with Crippen LogP contribution in [-0.2, 0) is 4.79 Å². The Bertz CT molecular complexity index is 1500. The molecule has 0 bridgehead atoms. The summed E-state index contributed by atoms with van der Waals surface area (Å²) in [5.74, 6) is 0.668. The third kappa shape index (κ3) is 4.63. The number of nitrogens with one attached hydrogen (secondary N) is 2. The Labute approximate surface area is 213 Å². The monoisotopic (exact) mass is 528 g/mol. The lowest BCUT2D eigenvalue weighted by molar-refractivity contribution is -0.113. The Morgan fingerprint density at radius 2 is 1.82 bits per heavy atom. The number of amides is 1. The molecule has 0 aliphatic rings. The highest BCUT2D eigenvalue weighted by molar-refractivity contribution is 7.99. The molecule has 0 saturated carbocycles. The smallest absolute Gasteiger partial charge is 0.236 e. The van der Waals surface area contributed by atoms with Crippen molar-refractivity contribution in [3.63, 3.8) is 0 Å². The van der Waals surface area contributed by atoms with Crippen molar-refractivity contribution in [3.8, 4) is 17.1 Å². The van der Waals surface area contributed by atoms with Crippen molar-refractivity contribution in [1.82, 2.24) is 24.7 Å². The molecule has 0 atom stereocenters. The quantitative estimate of drug-likeness (QED) is 0.245. The SMILES string of the molecule is O=C(CSc1nnc(-c2c[nH]c3ccccc23)n1-c1ccc(Cl)cc1)Nc1ncc(Cl)cc1Cl. The minimum absolute atomic E-state index is 0.0697. The van der Waals surface area contributed by atoms with Crippen molar-refractivity contribution in [3.05, 3.63) is 82.1 Å². The van der Waals surface area contributed by atoms with Crippen LogP contribution in [0, 0.1) is 0 Å². The second-order valence-electron chi connectivity index (χ2n) is 7.19. The van der Waals surface area contributed by atoms with Crippen LogP contribution in [0.4, 0.5) is 5.82 Å². The van der Waals surface area contributed by atoms with Crippen molar-refractivity contribution in [2.75, 3.05) is 11.1 Å². The molecule has 2 aromatic carbocycles. The van der Waals surface area contributed by atoms with Gasteiger partial charge in [0.25, 0.3) is 0 Å². The van der Waals surface area contributed by atoms with Gasteiger partial charge in [-0.2, -0.15) is 0 Å². The van der Waals surface area contributed by atoms with E-state index in [1.807, 2.05) is 47.2 Å².